The molecule has 0 aromatic rings. The van der Waals surface area contributed by atoms with Crippen LogP contribution in [0.5, 0.6) is 0 Å². The molecule has 0 heterocycles. The third-order valence-corrected chi connectivity index (χ3v) is 3.94. The first kappa shape index (κ1) is 29.5. The van der Waals surface area contributed by atoms with Crippen molar-refractivity contribution in [1.82, 2.24) is 0 Å². The summed E-state index contributed by atoms with van der Waals surface area (Å²) in [5.41, 5.74) is 0. The molecule has 0 aliphatic rings. The van der Waals surface area contributed by atoms with Gasteiger partial charge in [-0.2, -0.15) is 9.90 Å². The average molecular weight is 342 g/mol. The van der Waals surface area contributed by atoms with Crippen molar-refractivity contribution in [3.8, 4) is 0 Å². The normalized spacial score (nSPS) is 10.1. The molecule has 1 atom stereocenters. The Morgan fingerprint density at radius 2 is 0.810 bits per heavy atom. The van der Waals surface area contributed by atoms with Crippen LogP contribution in [0.1, 0.15) is 79.1 Å². The highest BCUT2D eigenvalue weighted by Crippen LogP contribution is 2.16. The molecule has 0 radical (unpaired) electrons. The lowest BCUT2D eigenvalue weighted by atomic mass is 10.1. The van der Waals surface area contributed by atoms with Crippen molar-refractivity contribution in [3.63, 3.8) is 0 Å². The molecule has 0 saturated carbocycles. The number of rotatable bonds is 12. The molecule has 0 aromatic heterocycles. The summed E-state index contributed by atoms with van der Waals surface area (Å²) in [5.74, 6) is 0. The summed E-state index contributed by atoms with van der Waals surface area (Å²) >= 11 is 0. The Hall–Kier alpha value is 0.527. The molecule has 0 bridgehead atoms. The van der Waals surface area contributed by atoms with E-state index in [1.54, 1.807) is 0 Å². The first-order chi connectivity index (χ1) is 9.24. The molecule has 0 aromatic carbocycles. The summed E-state index contributed by atoms with van der Waals surface area (Å²) in [6, 6.07) is 0. The standard InChI is InChI=1S/C16H36N.H4OSi.H2O.H3P/c1-5-9-13-17(14-10-6-2,15-11-7-3)16-12-8-4;1-2;;/h5-16H2,1-4H3;1H,2H3;1H2;1H3/q+1;;;/p-1. The Morgan fingerprint density at radius 3 is 0.952 bits per heavy atom. The molecule has 3 nitrogen and oxygen atoms in total. The van der Waals surface area contributed by atoms with Crippen LogP contribution in [0, 0.1) is 0 Å². The number of quaternary nitrogens is 1. The second-order valence-electron chi connectivity index (χ2n) is 5.65. The van der Waals surface area contributed by atoms with E-state index < -0.39 is 0 Å². The van der Waals surface area contributed by atoms with Crippen LogP contribution >= 0.6 is 9.90 Å². The Bertz CT molecular complexity index is 137. The SMILES string of the molecule is CCCC[N+](CCCC)(CCCC)CCCC.O[SiH3].P.[OH-]. The van der Waals surface area contributed by atoms with Gasteiger partial charge in [-0.05, 0) is 25.7 Å². The van der Waals surface area contributed by atoms with Gasteiger partial charge in [0.15, 0.2) is 0 Å². The van der Waals surface area contributed by atoms with E-state index in [0.717, 1.165) is 0 Å². The largest absolute Gasteiger partial charge is 0.870 e. The molecule has 0 fully saturated rings. The van der Waals surface area contributed by atoms with E-state index in [2.05, 4.69) is 27.7 Å². The van der Waals surface area contributed by atoms with Crippen LogP contribution in [0.4, 0.5) is 0 Å². The molecule has 0 aliphatic carbocycles. The Morgan fingerprint density at radius 1 is 0.619 bits per heavy atom. The molecule has 0 rings (SSSR count). The Balaban J connectivity index is -0.000000344. The van der Waals surface area contributed by atoms with E-state index >= 15 is 0 Å². The van der Waals surface area contributed by atoms with Crippen LogP contribution in [-0.2, 0) is 0 Å². The molecule has 21 heavy (non-hydrogen) atoms. The van der Waals surface area contributed by atoms with Crippen LogP contribution in [0.15, 0.2) is 0 Å². The van der Waals surface area contributed by atoms with E-state index in [9.17, 15) is 0 Å². The monoisotopic (exact) mass is 341 g/mol. The van der Waals surface area contributed by atoms with Gasteiger partial charge in [0, 0.05) is 0 Å². The quantitative estimate of drug-likeness (QED) is 0.337. The maximum Gasteiger partial charge on any atom is 0.141 e. The smallest absolute Gasteiger partial charge is 0.141 e. The van der Waals surface area contributed by atoms with E-state index in [4.69, 9.17) is 4.80 Å². The third-order valence-electron chi connectivity index (χ3n) is 3.94. The van der Waals surface area contributed by atoms with Crippen molar-refractivity contribution < 1.29 is 14.8 Å². The fourth-order valence-corrected chi connectivity index (χ4v) is 2.64. The molecule has 0 spiro atoms. The maximum atomic E-state index is 7.14. The third kappa shape index (κ3) is 16.7. The summed E-state index contributed by atoms with van der Waals surface area (Å²) < 4.78 is 1.42. The van der Waals surface area contributed by atoms with Gasteiger partial charge < -0.3 is 14.8 Å². The first-order valence-corrected chi connectivity index (χ1v) is 9.43. The molecule has 2 N–H and O–H groups in total. The summed E-state index contributed by atoms with van der Waals surface area (Å²) in [6.07, 6.45) is 11.1. The molecule has 0 amide bonds. The van der Waals surface area contributed by atoms with Gasteiger partial charge in [0.25, 0.3) is 0 Å². The van der Waals surface area contributed by atoms with E-state index in [1.165, 1.54) is 82.0 Å². The minimum atomic E-state index is 0. The average Bonchev–Trinajstić information content (AvgIpc) is 2.48. The highest BCUT2D eigenvalue weighted by molar-refractivity contribution is 6.92. The second-order valence-corrected chi connectivity index (χ2v) is 5.65. The van der Waals surface area contributed by atoms with Gasteiger partial charge in [-0.15, -0.1) is 0 Å². The Labute approximate surface area is 141 Å². The maximum absolute atomic E-state index is 7.14. The van der Waals surface area contributed by atoms with Gasteiger partial charge >= 0.3 is 0 Å². The number of hydrogen-bond acceptors (Lipinski definition) is 2. The zero-order valence-corrected chi connectivity index (χ0v) is 18.9. The predicted molar refractivity (Wildman–Crippen MR) is 105 cm³/mol. The van der Waals surface area contributed by atoms with Crippen LogP contribution in [0.25, 0.3) is 0 Å². The van der Waals surface area contributed by atoms with Gasteiger partial charge in [-0.3, -0.25) is 0 Å². The van der Waals surface area contributed by atoms with Crippen molar-refractivity contribution in [2.45, 2.75) is 79.1 Å². The van der Waals surface area contributed by atoms with Gasteiger partial charge in [-0.25, -0.2) is 0 Å². The molecule has 0 aliphatic heterocycles. The summed E-state index contributed by atoms with van der Waals surface area (Å²) in [4.78, 5) is 7.14. The fraction of sp³-hybridized carbons (Fsp3) is 1.00. The highest BCUT2D eigenvalue weighted by Gasteiger charge is 2.24. The lowest BCUT2D eigenvalue weighted by Gasteiger charge is -2.39. The van der Waals surface area contributed by atoms with Crippen LogP contribution in [0.2, 0.25) is 0 Å². The highest BCUT2D eigenvalue weighted by atomic mass is 31.0. The summed E-state index contributed by atoms with van der Waals surface area (Å²) in [5, 5.41) is 0. The first-order valence-electron chi connectivity index (χ1n) is 8.54. The van der Waals surface area contributed by atoms with Crippen molar-refractivity contribution in [1.29, 1.82) is 0 Å². The zero-order chi connectivity index (χ0) is 15.0. The number of unbranched alkanes of at least 4 members (excludes halogenated alkanes) is 4. The predicted octanol–water partition coefficient (Wildman–Crippen LogP) is 3.14. The fourth-order valence-electron chi connectivity index (χ4n) is 2.64. The lowest BCUT2D eigenvalue weighted by molar-refractivity contribution is -0.929. The van der Waals surface area contributed by atoms with Crippen LogP contribution in [-0.4, -0.2) is 51.4 Å². The van der Waals surface area contributed by atoms with E-state index in [0.29, 0.717) is 10.5 Å². The van der Waals surface area contributed by atoms with Crippen LogP contribution < -0.4 is 0 Å². The van der Waals surface area contributed by atoms with Gasteiger partial charge in [0.1, 0.15) is 10.5 Å². The Kier molecular flexibility index (Phi) is 32.1. The van der Waals surface area contributed by atoms with Crippen molar-refractivity contribution in [2.24, 2.45) is 0 Å². The second kappa shape index (κ2) is 22.8. The molecular weight excluding hydrogens is 297 g/mol. The molecule has 0 saturated heterocycles. The minimum absolute atomic E-state index is 0. The zero-order valence-electron chi connectivity index (χ0n) is 15.5. The van der Waals surface area contributed by atoms with Gasteiger partial charge in [0.2, 0.25) is 0 Å². The number of nitrogens with zero attached hydrogens (tertiary/aromatic N) is 1. The molecular formula is C16H44NO2PSi. The molecule has 5 heteroatoms. The minimum Gasteiger partial charge on any atom is -0.870 e. The van der Waals surface area contributed by atoms with Gasteiger partial charge in [0.05, 0.1) is 26.2 Å². The van der Waals surface area contributed by atoms with Crippen LogP contribution in [0.3, 0.4) is 0 Å². The van der Waals surface area contributed by atoms with E-state index in [1.807, 2.05) is 0 Å². The summed E-state index contributed by atoms with van der Waals surface area (Å²) in [6.45, 7) is 15.0. The molecule has 1 unspecified atom stereocenters. The van der Waals surface area contributed by atoms with Crippen molar-refractivity contribution >= 4 is 20.4 Å². The topological polar surface area (TPSA) is 50.2 Å². The number of hydrogen-bond donors (Lipinski definition) is 1. The van der Waals surface area contributed by atoms with Crippen molar-refractivity contribution in [2.75, 3.05) is 26.2 Å². The van der Waals surface area contributed by atoms with Crippen molar-refractivity contribution in [3.05, 3.63) is 0 Å². The summed E-state index contributed by atoms with van der Waals surface area (Å²) in [7, 11) is 0.306. The van der Waals surface area contributed by atoms with E-state index in [-0.39, 0.29) is 15.4 Å². The van der Waals surface area contributed by atoms with Gasteiger partial charge in [-0.1, -0.05) is 53.4 Å². The lowest BCUT2D eigenvalue weighted by Crippen LogP contribution is -2.50. The molecule has 134 valence electrons.